The summed E-state index contributed by atoms with van der Waals surface area (Å²) in [5.41, 5.74) is -0.184. The molecule has 0 radical (unpaired) electrons. The molecule has 1 heterocycles. The molecule has 0 aliphatic carbocycles. The highest BCUT2D eigenvalue weighted by Crippen LogP contribution is 2.27. The summed E-state index contributed by atoms with van der Waals surface area (Å²) in [5, 5.41) is 6.34. The Labute approximate surface area is 110 Å². The number of hydrogen-bond donors (Lipinski definition) is 2. The van der Waals surface area contributed by atoms with Crippen molar-refractivity contribution in [2.24, 2.45) is 5.41 Å². The van der Waals surface area contributed by atoms with Crippen molar-refractivity contribution in [2.75, 3.05) is 53.5 Å². The van der Waals surface area contributed by atoms with Crippen molar-refractivity contribution in [3.05, 3.63) is 0 Å². The monoisotopic (exact) mass is 257 g/mol. The lowest BCUT2D eigenvalue weighted by atomic mass is 9.80. The van der Waals surface area contributed by atoms with Gasteiger partial charge in [0.2, 0.25) is 5.91 Å². The molecule has 0 unspecified atom stereocenters. The number of amides is 1. The first kappa shape index (κ1) is 15.4. The van der Waals surface area contributed by atoms with Gasteiger partial charge in [0.05, 0.1) is 6.61 Å². The predicted molar refractivity (Wildman–Crippen MR) is 72.6 cm³/mol. The average Bonchev–Trinajstić information content (AvgIpc) is 2.37. The second-order valence-electron chi connectivity index (χ2n) is 5.36. The minimum absolute atomic E-state index is 0.184. The molecule has 1 saturated heterocycles. The zero-order valence-electron chi connectivity index (χ0n) is 11.9. The number of piperidine rings is 1. The molecule has 5 nitrogen and oxygen atoms in total. The van der Waals surface area contributed by atoms with Gasteiger partial charge in [-0.1, -0.05) is 6.92 Å². The van der Waals surface area contributed by atoms with E-state index in [-0.39, 0.29) is 11.3 Å². The lowest BCUT2D eigenvalue weighted by molar-refractivity contribution is -0.131. The number of nitrogens with zero attached hydrogens (tertiary/aromatic N) is 1. The molecule has 18 heavy (non-hydrogen) atoms. The van der Waals surface area contributed by atoms with Crippen LogP contribution in [0.2, 0.25) is 0 Å². The maximum atomic E-state index is 12.1. The summed E-state index contributed by atoms with van der Waals surface area (Å²) in [7, 11) is 3.74. The molecule has 106 valence electrons. The van der Waals surface area contributed by atoms with E-state index in [2.05, 4.69) is 22.5 Å². The minimum atomic E-state index is -0.184. The Morgan fingerprint density at radius 2 is 2.06 bits per heavy atom. The fourth-order valence-electron chi connectivity index (χ4n) is 2.14. The number of nitrogens with one attached hydrogen (secondary N) is 2. The second kappa shape index (κ2) is 7.71. The summed E-state index contributed by atoms with van der Waals surface area (Å²) in [6, 6.07) is 0. The van der Waals surface area contributed by atoms with Crippen molar-refractivity contribution in [1.29, 1.82) is 0 Å². The first-order chi connectivity index (χ1) is 8.58. The smallest absolute Gasteiger partial charge is 0.226 e. The largest absolute Gasteiger partial charge is 0.383 e. The Morgan fingerprint density at radius 3 is 2.67 bits per heavy atom. The first-order valence-electron chi connectivity index (χ1n) is 6.75. The van der Waals surface area contributed by atoms with Crippen LogP contribution >= 0.6 is 0 Å². The average molecular weight is 257 g/mol. The van der Waals surface area contributed by atoms with Crippen LogP contribution in [0.5, 0.6) is 0 Å². The lowest BCUT2D eigenvalue weighted by Gasteiger charge is -2.32. The topological polar surface area (TPSA) is 53.6 Å². The van der Waals surface area contributed by atoms with E-state index in [1.807, 2.05) is 7.05 Å². The number of hydrogen-bond acceptors (Lipinski definition) is 4. The Bertz CT molecular complexity index is 253. The number of rotatable bonds is 7. The summed E-state index contributed by atoms with van der Waals surface area (Å²) in [5.74, 6) is 0.198. The zero-order valence-corrected chi connectivity index (χ0v) is 11.9. The fraction of sp³-hybridized carbons (Fsp3) is 0.923. The van der Waals surface area contributed by atoms with Gasteiger partial charge in [0.15, 0.2) is 0 Å². The van der Waals surface area contributed by atoms with Crippen LogP contribution in [0.15, 0.2) is 0 Å². The maximum absolute atomic E-state index is 12.1. The summed E-state index contributed by atoms with van der Waals surface area (Å²) in [4.78, 5) is 14.3. The van der Waals surface area contributed by atoms with E-state index in [0.29, 0.717) is 6.54 Å². The molecule has 2 N–H and O–H groups in total. The van der Waals surface area contributed by atoms with Gasteiger partial charge in [0, 0.05) is 32.2 Å². The molecular weight excluding hydrogens is 230 g/mol. The van der Waals surface area contributed by atoms with Crippen LogP contribution in [0.1, 0.15) is 19.8 Å². The van der Waals surface area contributed by atoms with Crippen LogP contribution in [-0.2, 0) is 9.53 Å². The quantitative estimate of drug-likeness (QED) is 0.678. The van der Waals surface area contributed by atoms with Gasteiger partial charge < -0.3 is 20.3 Å². The molecule has 1 aliphatic heterocycles. The summed E-state index contributed by atoms with van der Waals surface area (Å²) >= 11 is 0. The molecule has 0 bridgehead atoms. The Balaban J connectivity index is 2.20. The molecule has 1 amide bonds. The molecular formula is C13H27N3O2. The van der Waals surface area contributed by atoms with Crippen LogP contribution in [0.3, 0.4) is 0 Å². The molecule has 5 heteroatoms. The molecule has 0 aromatic heterocycles. The predicted octanol–water partition coefficient (Wildman–Crippen LogP) is 0.0705. The first-order valence-corrected chi connectivity index (χ1v) is 6.75. The van der Waals surface area contributed by atoms with E-state index in [1.165, 1.54) is 0 Å². The van der Waals surface area contributed by atoms with Crippen LogP contribution < -0.4 is 10.6 Å². The lowest BCUT2D eigenvalue weighted by Crippen LogP contribution is -2.47. The van der Waals surface area contributed by atoms with E-state index in [4.69, 9.17) is 4.74 Å². The van der Waals surface area contributed by atoms with E-state index in [1.54, 1.807) is 7.11 Å². The third-order valence-electron chi connectivity index (χ3n) is 3.71. The van der Waals surface area contributed by atoms with Crippen molar-refractivity contribution in [1.82, 2.24) is 15.5 Å². The minimum Gasteiger partial charge on any atom is -0.383 e. The maximum Gasteiger partial charge on any atom is 0.226 e. The molecule has 1 rings (SSSR count). The number of likely N-dealkylation sites (N-methyl/N-ethyl adjacent to an activating group) is 1. The molecule has 0 spiro atoms. The van der Waals surface area contributed by atoms with Gasteiger partial charge in [-0.2, -0.15) is 0 Å². The number of methoxy groups -OCH3 is 1. The Kier molecular flexibility index (Phi) is 6.60. The van der Waals surface area contributed by atoms with Crippen LogP contribution in [0.25, 0.3) is 0 Å². The van der Waals surface area contributed by atoms with Crippen LogP contribution in [-0.4, -0.2) is 64.3 Å². The molecule has 0 saturated carbocycles. The number of carbonyl (C=O) groups is 1. The van der Waals surface area contributed by atoms with Gasteiger partial charge in [-0.25, -0.2) is 0 Å². The Hall–Kier alpha value is -0.650. The van der Waals surface area contributed by atoms with Crippen molar-refractivity contribution in [3.63, 3.8) is 0 Å². The number of carbonyl (C=O) groups excluding carboxylic acids is 1. The van der Waals surface area contributed by atoms with Crippen molar-refractivity contribution in [2.45, 2.75) is 19.8 Å². The summed E-state index contributed by atoms with van der Waals surface area (Å²) in [6.45, 7) is 7.15. The number of ether oxygens (including phenoxy) is 1. The standard InChI is InChI=1S/C13H27N3O2/c1-13(4-6-14-7-5-13)12(17)15-8-9-16(2)10-11-18-3/h14H,4-11H2,1-3H3,(H,15,17). The van der Waals surface area contributed by atoms with Gasteiger partial charge >= 0.3 is 0 Å². The Morgan fingerprint density at radius 1 is 1.39 bits per heavy atom. The van der Waals surface area contributed by atoms with Crippen LogP contribution in [0.4, 0.5) is 0 Å². The molecule has 1 fully saturated rings. The second-order valence-corrected chi connectivity index (χ2v) is 5.36. The molecule has 0 atom stereocenters. The van der Waals surface area contributed by atoms with Crippen molar-refractivity contribution < 1.29 is 9.53 Å². The zero-order chi connectivity index (χ0) is 13.4. The van der Waals surface area contributed by atoms with Gasteiger partial charge in [-0.3, -0.25) is 4.79 Å². The van der Waals surface area contributed by atoms with Gasteiger partial charge in [0.25, 0.3) is 0 Å². The highest BCUT2D eigenvalue weighted by Gasteiger charge is 2.34. The summed E-state index contributed by atoms with van der Waals surface area (Å²) in [6.07, 6.45) is 1.86. The SMILES string of the molecule is COCCN(C)CCNC(=O)C1(C)CCNCC1. The summed E-state index contributed by atoms with van der Waals surface area (Å²) < 4.78 is 5.02. The van der Waals surface area contributed by atoms with E-state index < -0.39 is 0 Å². The van der Waals surface area contributed by atoms with E-state index in [9.17, 15) is 4.79 Å². The highest BCUT2D eigenvalue weighted by molar-refractivity contribution is 5.82. The van der Waals surface area contributed by atoms with Gasteiger partial charge in [-0.15, -0.1) is 0 Å². The van der Waals surface area contributed by atoms with E-state index >= 15 is 0 Å². The third kappa shape index (κ3) is 4.92. The highest BCUT2D eigenvalue weighted by atomic mass is 16.5. The molecule has 1 aliphatic rings. The van der Waals surface area contributed by atoms with Crippen LogP contribution in [0, 0.1) is 5.41 Å². The normalized spacial score (nSPS) is 18.9. The fourth-order valence-corrected chi connectivity index (χ4v) is 2.14. The van der Waals surface area contributed by atoms with Gasteiger partial charge in [-0.05, 0) is 33.0 Å². The van der Waals surface area contributed by atoms with Crippen molar-refractivity contribution in [3.8, 4) is 0 Å². The van der Waals surface area contributed by atoms with Gasteiger partial charge in [0.1, 0.15) is 0 Å². The van der Waals surface area contributed by atoms with Crippen molar-refractivity contribution >= 4 is 5.91 Å². The molecule has 0 aromatic carbocycles. The third-order valence-corrected chi connectivity index (χ3v) is 3.71. The molecule has 0 aromatic rings. The van der Waals surface area contributed by atoms with E-state index in [0.717, 1.165) is 45.6 Å².